The van der Waals surface area contributed by atoms with E-state index < -0.39 is 0 Å². The summed E-state index contributed by atoms with van der Waals surface area (Å²) in [7, 11) is 0. The first kappa shape index (κ1) is 18.5. The first-order valence-corrected chi connectivity index (χ1v) is 8.62. The molecule has 2 aliphatic rings. The van der Waals surface area contributed by atoms with Crippen LogP contribution in [0.4, 0.5) is 0 Å². The Labute approximate surface area is 145 Å². The molecule has 0 amide bonds. The van der Waals surface area contributed by atoms with E-state index in [1.165, 1.54) is 31.4 Å². The molecule has 0 bridgehead atoms. The van der Waals surface area contributed by atoms with Crippen LogP contribution in [0, 0.1) is 0 Å². The molecular formula is C18H29ClN2O2. The summed E-state index contributed by atoms with van der Waals surface area (Å²) < 4.78 is 11.4. The Kier molecular flexibility index (Phi) is 7.63. The molecule has 3 rings (SSSR count). The summed E-state index contributed by atoms with van der Waals surface area (Å²) in [5.74, 6) is 0.938. The van der Waals surface area contributed by atoms with E-state index in [1.807, 2.05) is 0 Å². The molecular weight excluding hydrogens is 312 g/mol. The van der Waals surface area contributed by atoms with E-state index in [0.29, 0.717) is 12.6 Å². The third-order valence-electron chi connectivity index (χ3n) is 4.79. The number of halogens is 1. The first-order valence-electron chi connectivity index (χ1n) is 8.62. The molecule has 2 aliphatic heterocycles. The molecule has 23 heavy (non-hydrogen) atoms. The lowest BCUT2D eigenvalue weighted by Gasteiger charge is -2.35. The number of likely N-dealkylation sites (tertiary alicyclic amines) is 1. The van der Waals surface area contributed by atoms with Crippen molar-refractivity contribution in [2.75, 3.05) is 26.3 Å². The van der Waals surface area contributed by atoms with Crippen molar-refractivity contribution in [2.24, 2.45) is 5.73 Å². The third kappa shape index (κ3) is 5.35. The van der Waals surface area contributed by atoms with Gasteiger partial charge in [0.1, 0.15) is 12.4 Å². The topological polar surface area (TPSA) is 47.7 Å². The van der Waals surface area contributed by atoms with Gasteiger partial charge in [-0.2, -0.15) is 0 Å². The molecule has 2 saturated heterocycles. The fraction of sp³-hybridized carbons (Fsp3) is 0.667. The molecule has 2 atom stereocenters. The van der Waals surface area contributed by atoms with Gasteiger partial charge < -0.3 is 15.2 Å². The highest BCUT2D eigenvalue weighted by molar-refractivity contribution is 5.85. The van der Waals surface area contributed by atoms with Crippen molar-refractivity contribution in [3.8, 4) is 5.75 Å². The summed E-state index contributed by atoms with van der Waals surface area (Å²) in [5.41, 5.74) is 7.23. The molecule has 0 aliphatic carbocycles. The van der Waals surface area contributed by atoms with Gasteiger partial charge in [0.2, 0.25) is 0 Å². The maximum Gasteiger partial charge on any atom is 0.119 e. The minimum absolute atomic E-state index is 0. The molecule has 130 valence electrons. The number of nitrogens with two attached hydrogens (primary N) is 1. The van der Waals surface area contributed by atoms with Gasteiger partial charge in [-0.25, -0.2) is 0 Å². The average molecular weight is 341 g/mol. The molecule has 2 fully saturated rings. The van der Waals surface area contributed by atoms with Crippen LogP contribution in [0.15, 0.2) is 24.3 Å². The van der Waals surface area contributed by atoms with E-state index in [2.05, 4.69) is 29.2 Å². The fourth-order valence-corrected chi connectivity index (χ4v) is 3.43. The van der Waals surface area contributed by atoms with Crippen LogP contribution in [0.1, 0.15) is 37.7 Å². The highest BCUT2D eigenvalue weighted by Crippen LogP contribution is 2.21. The number of hydrogen-bond donors (Lipinski definition) is 1. The molecule has 2 N–H and O–H groups in total. The standard InChI is InChI=1S/C18H28N2O2.ClH/c19-12-16-4-1-2-10-20(16)13-15-6-8-17(9-7-15)22-14-18-5-3-11-21-18;/h6-9,16,18H,1-5,10-14,19H2;1H. The van der Waals surface area contributed by atoms with E-state index >= 15 is 0 Å². The molecule has 1 aromatic carbocycles. The highest BCUT2D eigenvalue weighted by atomic mass is 35.5. The Balaban J connectivity index is 0.00000192. The van der Waals surface area contributed by atoms with E-state index in [-0.39, 0.29) is 18.5 Å². The van der Waals surface area contributed by atoms with Gasteiger partial charge in [-0.3, -0.25) is 4.90 Å². The maximum absolute atomic E-state index is 5.90. The molecule has 4 nitrogen and oxygen atoms in total. The normalized spacial score (nSPS) is 25.1. The van der Waals surface area contributed by atoms with Crippen molar-refractivity contribution < 1.29 is 9.47 Å². The second kappa shape index (κ2) is 9.48. The van der Waals surface area contributed by atoms with Gasteiger partial charge in [-0.15, -0.1) is 12.4 Å². The van der Waals surface area contributed by atoms with Crippen molar-refractivity contribution in [3.05, 3.63) is 29.8 Å². The molecule has 1 aromatic rings. The Morgan fingerprint density at radius 3 is 2.65 bits per heavy atom. The number of rotatable bonds is 6. The first-order chi connectivity index (χ1) is 10.8. The van der Waals surface area contributed by atoms with E-state index in [0.717, 1.165) is 38.3 Å². The van der Waals surface area contributed by atoms with E-state index in [4.69, 9.17) is 15.2 Å². The number of nitrogens with zero attached hydrogens (tertiary/aromatic N) is 1. The Morgan fingerprint density at radius 2 is 1.96 bits per heavy atom. The van der Waals surface area contributed by atoms with Crippen LogP contribution in [0.5, 0.6) is 5.75 Å². The van der Waals surface area contributed by atoms with Crippen molar-refractivity contribution in [3.63, 3.8) is 0 Å². The zero-order valence-corrected chi connectivity index (χ0v) is 14.6. The summed E-state index contributed by atoms with van der Waals surface area (Å²) in [6.07, 6.45) is 6.39. The number of piperidine rings is 1. The van der Waals surface area contributed by atoms with Gasteiger partial charge in [-0.1, -0.05) is 18.6 Å². The Morgan fingerprint density at radius 1 is 1.13 bits per heavy atom. The van der Waals surface area contributed by atoms with Crippen LogP contribution in [-0.2, 0) is 11.3 Å². The van der Waals surface area contributed by atoms with Crippen molar-refractivity contribution >= 4 is 12.4 Å². The number of benzene rings is 1. The van der Waals surface area contributed by atoms with Gasteiger partial charge in [-0.05, 0) is 49.9 Å². The third-order valence-corrected chi connectivity index (χ3v) is 4.79. The number of hydrogen-bond acceptors (Lipinski definition) is 4. The van der Waals surface area contributed by atoms with Gasteiger partial charge in [0.05, 0.1) is 6.10 Å². The minimum atomic E-state index is 0. The van der Waals surface area contributed by atoms with Crippen LogP contribution in [0.2, 0.25) is 0 Å². The molecule has 2 heterocycles. The lowest BCUT2D eigenvalue weighted by molar-refractivity contribution is 0.0679. The van der Waals surface area contributed by atoms with Crippen molar-refractivity contribution in [2.45, 2.75) is 50.8 Å². The minimum Gasteiger partial charge on any atom is -0.491 e. The predicted octanol–water partition coefficient (Wildman–Crippen LogP) is 2.98. The fourth-order valence-electron chi connectivity index (χ4n) is 3.43. The maximum atomic E-state index is 5.90. The zero-order valence-electron chi connectivity index (χ0n) is 13.8. The van der Waals surface area contributed by atoms with Crippen LogP contribution in [-0.4, -0.2) is 43.3 Å². The predicted molar refractivity (Wildman–Crippen MR) is 95.3 cm³/mol. The summed E-state index contributed by atoms with van der Waals surface area (Å²) in [6.45, 7) is 4.47. The smallest absolute Gasteiger partial charge is 0.119 e. The summed E-state index contributed by atoms with van der Waals surface area (Å²) in [4.78, 5) is 2.52. The van der Waals surface area contributed by atoms with Gasteiger partial charge in [0.25, 0.3) is 0 Å². The van der Waals surface area contributed by atoms with Crippen LogP contribution < -0.4 is 10.5 Å². The summed E-state index contributed by atoms with van der Waals surface area (Å²) >= 11 is 0. The second-order valence-corrected chi connectivity index (χ2v) is 6.45. The quantitative estimate of drug-likeness (QED) is 0.864. The molecule has 5 heteroatoms. The Bertz CT molecular complexity index is 449. The van der Waals surface area contributed by atoms with E-state index in [9.17, 15) is 0 Å². The molecule has 0 radical (unpaired) electrons. The Hall–Kier alpha value is -0.810. The molecule has 2 unspecified atom stereocenters. The highest BCUT2D eigenvalue weighted by Gasteiger charge is 2.21. The van der Waals surface area contributed by atoms with Gasteiger partial charge in [0.15, 0.2) is 0 Å². The van der Waals surface area contributed by atoms with Crippen molar-refractivity contribution in [1.82, 2.24) is 4.90 Å². The monoisotopic (exact) mass is 340 g/mol. The van der Waals surface area contributed by atoms with E-state index in [1.54, 1.807) is 0 Å². The van der Waals surface area contributed by atoms with Crippen molar-refractivity contribution in [1.29, 1.82) is 0 Å². The molecule has 0 aromatic heterocycles. The summed E-state index contributed by atoms with van der Waals surface area (Å²) in [6, 6.07) is 9.04. The zero-order chi connectivity index (χ0) is 15.2. The lowest BCUT2D eigenvalue weighted by atomic mass is 10.0. The SMILES string of the molecule is Cl.NCC1CCCCN1Cc1ccc(OCC2CCCO2)cc1. The number of ether oxygens (including phenoxy) is 2. The average Bonchev–Trinajstić information content (AvgIpc) is 3.08. The largest absolute Gasteiger partial charge is 0.491 e. The van der Waals surface area contributed by atoms with Gasteiger partial charge >= 0.3 is 0 Å². The van der Waals surface area contributed by atoms with Crippen LogP contribution in [0.3, 0.4) is 0 Å². The lowest BCUT2D eigenvalue weighted by Crippen LogP contribution is -2.43. The second-order valence-electron chi connectivity index (χ2n) is 6.45. The molecule has 0 spiro atoms. The van der Waals surface area contributed by atoms with Crippen LogP contribution >= 0.6 is 12.4 Å². The van der Waals surface area contributed by atoms with Crippen LogP contribution in [0.25, 0.3) is 0 Å². The van der Waals surface area contributed by atoms with Gasteiger partial charge in [0, 0.05) is 25.7 Å². The molecule has 0 saturated carbocycles. The summed E-state index contributed by atoms with van der Waals surface area (Å²) in [5, 5.41) is 0.